The monoisotopic (exact) mass is 285 g/mol. The third-order valence-electron chi connectivity index (χ3n) is 3.16. The van der Waals surface area contributed by atoms with Crippen molar-refractivity contribution in [3.8, 4) is 11.8 Å². The Labute approximate surface area is 124 Å². The van der Waals surface area contributed by atoms with Crippen LogP contribution in [0.25, 0.3) is 0 Å². The smallest absolute Gasteiger partial charge is 0.119 e. The molecule has 0 saturated carbocycles. The predicted molar refractivity (Wildman–Crippen MR) is 81.1 cm³/mol. The van der Waals surface area contributed by atoms with Crippen LogP contribution in [0.15, 0.2) is 48.5 Å². The van der Waals surface area contributed by atoms with Crippen LogP contribution in [0.4, 0.5) is 0 Å². The number of nitriles is 1. The van der Waals surface area contributed by atoms with Crippen molar-refractivity contribution in [2.75, 3.05) is 6.61 Å². The van der Waals surface area contributed by atoms with Crippen molar-refractivity contribution in [1.82, 2.24) is 0 Å². The molecular weight excluding hydrogens is 270 g/mol. The summed E-state index contributed by atoms with van der Waals surface area (Å²) in [5, 5.41) is 9.97. The Morgan fingerprint density at radius 2 is 1.95 bits per heavy atom. The Morgan fingerprint density at radius 3 is 2.60 bits per heavy atom. The quantitative estimate of drug-likeness (QED) is 0.796. The molecule has 0 radical (unpaired) electrons. The molecule has 0 amide bonds. The van der Waals surface area contributed by atoms with E-state index in [1.165, 1.54) is 0 Å². The highest BCUT2D eigenvalue weighted by atomic mass is 35.5. The van der Waals surface area contributed by atoms with Crippen molar-refractivity contribution in [3.05, 3.63) is 64.7 Å². The van der Waals surface area contributed by atoms with Gasteiger partial charge in [0, 0.05) is 11.4 Å². The van der Waals surface area contributed by atoms with Gasteiger partial charge in [-0.25, -0.2) is 0 Å². The maximum absolute atomic E-state index is 9.23. The van der Waals surface area contributed by atoms with E-state index >= 15 is 0 Å². The van der Waals surface area contributed by atoms with E-state index in [0.717, 1.165) is 21.9 Å². The van der Waals surface area contributed by atoms with E-state index in [0.29, 0.717) is 13.0 Å². The van der Waals surface area contributed by atoms with Gasteiger partial charge < -0.3 is 4.74 Å². The lowest BCUT2D eigenvalue weighted by molar-refractivity contribution is 0.306. The lowest BCUT2D eigenvalue weighted by atomic mass is 9.98. The van der Waals surface area contributed by atoms with Crippen LogP contribution >= 0.6 is 11.6 Å². The van der Waals surface area contributed by atoms with Crippen LogP contribution in [0.2, 0.25) is 5.02 Å². The van der Waals surface area contributed by atoms with Gasteiger partial charge in [-0.15, -0.1) is 0 Å². The van der Waals surface area contributed by atoms with Gasteiger partial charge in [0.05, 0.1) is 18.6 Å². The van der Waals surface area contributed by atoms with E-state index in [-0.39, 0.29) is 5.92 Å². The Kier molecular flexibility index (Phi) is 5.03. The highest BCUT2D eigenvalue weighted by molar-refractivity contribution is 6.31. The second kappa shape index (κ2) is 6.98. The molecule has 2 rings (SSSR count). The van der Waals surface area contributed by atoms with Gasteiger partial charge in [-0.2, -0.15) is 5.26 Å². The topological polar surface area (TPSA) is 33.0 Å². The van der Waals surface area contributed by atoms with Gasteiger partial charge in [0.25, 0.3) is 0 Å². The summed E-state index contributed by atoms with van der Waals surface area (Å²) < 4.78 is 5.69. The molecule has 1 unspecified atom stereocenters. The number of hydrogen-bond acceptors (Lipinski definition) is 2. The summed E-state index contributed by atoms with van der Waals surface area (Å²) in [6.45, 7) is 2.45. The number of hydrogen-bond donors (Lipinski definition) is 0. The molecule has 0 aliphatic rings. The highest BCUT2D eigenvalue weighted by Gasteiger charge is 2.10. The maximum Gasteiger partial charge on any atom is 0.119 e. The fraction of sp³-hybridized carbons (Fsp3) is 0.235. The van der Waals surface area contributed by atoms with Crippen molar-refractivity contribution in [3.63, 3.8) is 0 Å². The molecule has 0 N–H and O–H groups in total. The van der Waals surface area contributed by atoms with Crippen molar-refractivity contribution in [2.24, 2.45) is 0 Å². The summed E-state index contributed by atoms with van der Waals surface area (Å²) >= 11 is 5.97. The Balaban J connectivity index is 1.91. The molecular formula is C17H16ClNO. The Hall–Kier alpha value is -1.98. The van der Waals surface area contributed by atoms with Crippen LogP contribution in [0.1, 0.15) is 23.5 Å². The molecule has 0 heterocycles. The zero-order chi connectivity index (χ0) is 14.4. The average Bonchev–Trinajstić information content (AvgIpc) is 2.48. The van der Waals surface area contributed by atoms with Crippen molar-refractivity contribution >= 4 is 11.6 Å². The van der Waals surface area contributed by atoms with Crippen molar-refractivity contribution in [1.29, 1.82) is 5.26 Å². The Morgan fingerprint density at radius 1 is 1.20 bits per heavy atom. The van der Waals surface area contributed by atoms with Crippen LogP contribution in [-0.2, 0) is 0 Å². The predicted octanol–water partition coefficient (Wildman–Crippen LogP) is 4.72. The van der Waals surface area contributed by atoms with Gasteiger partial charge in [-0.3, -0.25) is 0 Å². The van der Waals surface area contributed by atoms with Crippen LogP contribution in [-0.4, -0.2) is 6.61 Å². The van der Waals surface area contributed by atoms with Crippen molar-refractivity contribution < 1.29 is 4.74 Å². The Bertz CT molecular complexity index is 604. The molecule has 2 aromatic carbocycles. The minimum Gasteiger partial charge on any atom is -0.494 e. The molecule has 0 spiro atoms. The van der Waals surface area contributed by atoms with Crippen LogP contribution in [0.5, 0.6) is 5.75 Å². The van der Waals surface area contributed by atoms with E-state index in [2.05, 4.69) is 6.07 Å². The largest absolute Gasteiger partial charge is 0.494 e. The SMILES string of the molecule is Cc1cc(OCCC(C#N)c2ccccc2)ccc1Cl. The van der Waals surface area contributed by atoms with Gasteiger partial charge >= 0.3 is 0 Å². The molecule has 3 heteroatoms. The summed E-state index contributed by atoms with van der Waals surface area (Å²) in [5.74, 6) is 0.654. The second-order valence-corrected chi connectivity index (χ2v) is 5.05. The summed E-state index contributed by atoms with van der Waals surface area (Å²) in [4.78, 5) is 0. The fourth-order valence-corrected chi connectivity index (χ4v) is 2.11. The van der Waals surface area contributed by atoms with E-state index in [1.807, 2.05) is 55.5 Å². The van der Waals surface area contributed by atoms with Crippen LogP contribution in [0, 0.1) is 18.3 Å². The summed E-state index contributed by atoms with van der Waals surface area (Å²) in [5.41, 5.74) is 2.02. The number of nitrogens with zero attached hydrogens (tertiary/aromatic N) is 1. The molecule has 0 aromatic heterocycles. The second-order valence-electron chi connectivity index (χ2n) is 4.64. The van der Waals surface area contributed by atoms with E-state index in [9.17, 15) is 5.26 Å². The molecule has 2 aromatic rings. The first kappa shape index (κ1) is 14.4. The lowest BCUT2D eigenvalue weighted by Gasteiger charge is -2.11. The highest BCUT2D eigenvalue weighted by Crippen LogP contribution is 2.23. The summed E-state index contributed by atoms with van der Waals surface area (Å²) in [6.07, 6.45) is 0.669. The lowest BCUT2D eigenvalue weighted by Crippen LogP contribution is -2.04. The summed E-state index contributed by atoms with van der Waals surface area (Å²) in [6, 6.07) is 17.7. The van der Waals surface area contributed by atoms with Gasteiger partial charge in [0.15, 0.2) is 0 Å². The van der Waals surface area contributed by atoms with E-state index in [4.69, 9.17) is 16.3 Å². The van der Waals surface area contributed by atoms with E-state index < -0.39 is 0 Å². The first-order chi connectivity index (χ1) is 9.70. The van der Waals surface area contributed by atoms with Gasteiger partial charge in [0.2, 0.25) is 0 Å². The molecule has 0 fully saturated rings. The fourth-order valence-electron chi connectivity index (χ4n) is 1.99. The van der Waals surface area contributed by atoms with Crippen molar-refractivity contribution in [2.45, 2.75) is 19.3 Å². The number of rotatable bonds is 5. The number of ether oxygens (including phenoxy) is 1. The first-order valence-corrected chi connectivity index (χ1v) is 6.92. The van der Waals surface area contributed by atoms with Crippen LogP contribution in [0.3, 0.4) is 0 Å². The van der Waals surface area contributed by atoms with Crippen LogP contribution < -0.4 is 4.74 Å². The minimum atomic E-state index is -0.135. The molecule has 102 valence electrons. The normalized spacial score (nSPS) is 11.7. The van der Waals surface area contributed by atoms with Gasteiger partial charge in [0.1, 0.15) is 5.75 Å². The summed E-state index contributed by atoms with van der Waals surface area (Å²) in [7, 11) is 0. The zero-order valence-electron chi connectivity index (χ0n) is 11.3. The molecule has 2 nitrogen and oxygen atoms in total. The molecule has 0 saturated heterocycles. The number of benzene rings is 2. The third-order valence-corrected chi connectivity index (χ3v) is 3.59. The molecule has 0 aliphatic carbocycles. The zero-order valence-corrected chi connectivity index (χ0v) is 12.1. The molecule has 1 atom stereocenters. The number of aryl methyl sites for hydroxylation is 1. The van der Waals surface area contributed by atoms with E-state index in [1.54, 1.807) is 0 Å². The number of halogens is 1. The molecule has 0 aliphatic heterocycles. The maximum atomic E-state index is 9.23. The van der Waals surface area contributed by atoms with Gasteiger partial charge in [-0.05, 0) is 36.2 Å². The third kappa shape index (κ3) is 3.76. The minimum absolute atomic E-state index is 0.135. The first-order valence-electron chi connectivity index (χ1n) is 6.54. The average molecular weight is 286 g/mol. The van der Waals surface area contributed by atoms with Gasteiger partial charge in [-0.1, -0.05) is 41.9 Å². The molecule has 20 heavy (non-hydrogen) atoms. The standard InChI is InChI=1S/C17H16ClNO/c1-13-11-16(7-8-17(13)18)20-10-9-15(12-19)14-5-3-2-4-6-14/h2-8,11,15H,9-10H2,1H3. The molecule has 0 bridgehead atoms.